The number of hydrogen-bond donors (Lipinski definition) is 1. The summed E-state index contributed by atoms with van der Waals surface area (Å²) >= 11 is 12.0. The zero-order valence-corrected chi connectivity index (χ0v) is 15.5. The highest BCUT2D eigenvalue weighted by Gasteiger charge is 2.28. The minimum atomic E-state index is -0.294. The quantitative estimate of drug-likeness (QED) is 0.847. The fourth-order valence-electron chi connectivity index (χ4n) is 2.80. The average Bonchev–Trinajstić information content (AvgIpc) is 3.11. The molecule has 1 heterocycles. The van der Waals surface area contributed by atoms with Gasteiger partial charge in [-0.2, -0.15) is 0 Å². The summed E-state index contributed by atoms with van der Waals surface area (Å²) in [4.78, 5) is 26.3. The molecule has 2 aromatic carbocycles. The Balaban J connectivity index is 1.51. The van der Waals surface area contributed by atoms with Gasteiger partial charge in [0.1, 0.15) is 5.75 Å². The van der Waals surface area contributed by atoms with E-state index in [1.54, 1.807) is 35.2 Å². The monoisotopic (exact) mass is 392 g/mol. The third-order valence-electron chi connectivity index (χ3n) is 4.18. The fraction of sp³-hybridized carbons (Fsp3) is 0.263. The van der Waals surface area contributed by atoms with Gasteiger partial charge in [0.25, 0.3) is 11.8 Å². The van der Waals surface area contributed by atoms with Crippen molar-refractivity contribution in [2.75, 3.05) is 19.7 Å². The molecular weight excluding hydrogens is 375 g/mol. The van der Waals surface area contributed by atoms with Crippen LogP contribution in [0.4, 0.5) is 0 Å². The number of likely N-dealkylation sites (tertiary alicyclic amines) is 1. The average molecular weight is 393 g/mol. The molecule has 0 radical (unpaired) electrons. The normalized spacial score (nSPS) is 16.4. The third kappa shape index (κ3) is 4.48. The molecule has 0 aliphatic carbocycles. The van der Waals surface area contributed by atoms with Crippen LogP contribution in [-0.4, -0.2) is 42.5 Å². The Morgan fingerprint density at radius 3 is 2.65 bits per heavy atom. The molecule has 1 atom stereocenters. The minimum absolute atomic E-state index is 0.0230. The maximum atomic E-state index is 12.4. The second-order valence-electron chi connectivity index (χ2n) is 6.00. The van der Waals surface area contributed by atoms with Crippen molar-refractivity contribution < 1.29 is 14.3 Å². The Kier molecular flexibility index (Phi) is 6.01. The van der Waals surface area contributed by atoms with Gasteiger partial charge in [0.15, 0.2) is 6.61 Å². The number of rotatable bonds is 5. The Bertz CT molecular complexity index is 799. The van der Waals surface area contributed by atoms with Gasteiger partial charge < -0.3 is 15.0 Å². The predicted octanol–water partition coefficient (Wildman–Crippen LogP) is 3.40. The van der Waals surface area contributed by atoms with Gasteiger partial charge in [-0.05, 0) is 30.7 Å². The molecular formula is C19H18Cl2N2O3. The fourth-order valence-corrected chi connectivity index (χ4v) is 3.19. The van der Waals surface area contributed by atoms with Crippen molar-refractivity contribution in [2.24, 2.45) is 0 Å². The van der Waals surface area contributed by atoms with Crippen LogP contribution in [0.25, 0.3) is 0 Å². The van der Waals surface area contributed by atoms with Gasteiger partial charge >= 0.3 is 0 Å². The lowest BCUT2D eigenvalue weighted by Crippen LogP contribution is -2.39. The zero-order valence-electron chi connectivity index (χ0n) is 14.0. The van der Waals surface area contributed by atoms with E-state index in [2.05, 4.69) is 5.32 Å². The molecule has 0 spiro atoms. The third-order valence-corrected chi connectivity index (χ3v) is 5.00. The highest BCUT2D eigenvalue weighted by Crippen LogP contribution is 2.25. The summed E-state index contributed by atoms with van der Waals surface area (Å²) in [5, 5.41) is 3.47. The molecule has 26 heavy (non-hydrogen) atoms. The molecule has 0 bridgehead atoms. The molecule has 0 unspecified atom stereocenters. The van der Waals surface area contributed by atoms with Gasteiger partial charge in [-0.15, -0.1) is 0 Å². The van der Waals surface area contributed by atoms with Crippen LogP contribution < -0.4 is 10.1 Å². The van der Waals surface area contributed by atoms with Crippen molar-refractivity contribution >= 4 is 35.0 Å². The predicted molar refractivity (Wildman–Crippen MR) is 101 cm³/mol. The van der Waals surface area contributed by atoms with Crippen molar-refractivity contribution in [3.8, 4) is 5.75 Å². The van der Waals surface area contributed by atoms with Crippen LogP contribution in [0.1, 0.15) is 16.8 Å². The molecule has 2 amide bonds. The van der Waals surface area contributed by atoms with Crippen LogP contribution in [0.15, 0.2) is 48.5 Å². The molecule has 1 fully saturated rings. The first-order valence-electron chi connectivity index (χ1n) is 8.25. The molecule has 1 N–H and O–H groups in total. The number of ether oxygens (including phenoxy) is 1. The zero-order chi connectivity index (χ0) is 18.5. The van der Waals surface area contributed by atoms with E-state index in [1.807, 2.05) is 18.2 Å². The second-order valence-corrected chi connectivity index (χ2v) is 6.79. The first-order valence-corrected chi connectivity index (χ1v) is 9.00. The van der Waals surface area contributed by atoms with Crippen LogP contribution >= 0.6 is 23.2 Å². The molecule has 1 aliphatic heterocycles. The van der Waals surface area contributed by atoms with Gasteiger partial charge in [0.05, 0.1) is 15.6 Å². The van der Waals surface area contributed by atoms with E-state index in [1.165, 1.54) is 0 Å². The van der Waals surface area contributed by atoms with Gasteiger partial charge in [-0.3, -0.25) is 9.59 Å². The number of hydrogen-bond acceptors (Lipinski definition) is 3. The number of amides is 2. The van der Waals surface area contributed by atoms with Crippen LogP contribution in [-0.2, 0) is 4.79 Å². The van der Waals surface area contributed by atoms with E-state index >= 15 is 0 Å². The lowest BCUT2D eigenvalue weighted by Gasteiger charge is -2.17. The summed E-state index contributed by atoms with van der Waals surface area (Å²) < 4.78 is 5.48. The maximum absolute atomic E-state index is 12.4. The summed E-state index contributed by atoms with van der Waals surface area (Å²) in [5.74, 6) is 0.254. The lowest BCUT2D eigenvalue weighted by atomic mass is 10.2. The Morgan fingerprint density at radius 1 is 1.12 bits per heavy atom. The molecule has 2 aromatic rings. The first-order chi connectivity index (χ1) is 12.5. The number of carbonyl (C=O) groups is 2. The van der Waals surface area contributed by atoms with E-state index in [0.717, 1.165) is 0 Å². The Hall–Kier alpha value is -2.24. The van der Waals surface area contributed by atoms with Gasteiger partial charge in [-0.25, -0.2) is 0 Å². The Labute approximate surface area is 161 Å². The highest BCUT2D eigenvalue weighted by atomic mass is 35.5. The largest absolute Gasteiger partial charge is 0.484 e. The second kappa shape index (κ2) is 8.43. The molecule has 0 aromatic heterocycles. The first kappa shape index (κ1) is 18.5. The van der Waals surface area contributed by atoms with Crippen molar-refractivity contribution in [3.05, 3.63) is 64.1 Å². The smallest absolute Gasteiger partial charge is 0.260 e. The van der Waals surface area contributed by atoms with E-state index in [0.29, 0.717) is 35.8 Å². The lowest BCUT2D eigenvalue weighted by molar-refractivity contribution is -0.132. The number of halogens is 2. The van der Waals surface area contributed by atoms with Crippen LogP contribution in [0.2, 0.25) is 10.0 Å². The summed E-state index contributed by atoms with van der Waals surface area (Å²) in [6, 6.07) is 14.0. The summed E-state index contributed by atoms with van der Waals surface area (Å²) in [6.07, 6.45) is 0.682. The van der Waals surface area contributed by atoms with E-state index in [9.17, 15) is 9.59 Å². The molecule has 1 aliphatic rings. The molecule has 1 saturated heterocycles. The summed E-state index contributed by atoms with van der Waals surface area (Å²) in [6.45, 7) is 0.997. The SMILES string of the molecule is O=C(N[C@@H]1CCN(C(=O)COc2ccccc2)C1)c1cccc(Cl)c1Cl. The van der Waals surface area contributed by atoms with Crippen LogP contribution in [0.3, 0.4) is 0 Å². The molecule has 136 valence electrons. The Morgan fingerprint density at radius 2 is 1.88 bits per heavy atom. The van der Waals surface area contributed by atoms with Crippen molar-refractivity contribution in [3.63, 3.8) is 0 Å². The van der Waals surface area contributed by atoms with Crippen LogP contribution in [0, 0.1) is 0 Å². The highest BCUT2D eigenvalue weighted by molar-refractivity contribution is 6.43. The number of benzene rings is 2. The van der Waals surface area contributed by atoms with E-state index in [4.69, 9.17) is 27.9 Å². The number of nitrogens with one attached hydrogen (secondary N) is 1. The molecule has 5 nitrogen and oxygen atoms in total. The molecule has 7 heteroatoms. The van der Waals surface area contributed by atoms with Crippen molar-refractivity contribution in [1.29, 1.82) is 0 Å². The van der Waals surface area contributed by atoms with E-state index < -0.39 is 0 Å². The number of nitrogens with zero attached hydrogens (tertiary/aromatic N) is 1. The number of para-hydroxylation sites is 1. The van der Waals surface area contributed by atoms with Gasteiger partial charge in [0.2, 0.25) is 0 Å². The topological polar surface area (TPSA) is 58.6 Å². The minimum Gasteiger partial charge on any atom is -0.484 e. The van der Waals surface area contributed by atoms with Crippen LogP contribution in [0.5, 0.6) is 5.75 Å². The number of carbonyl (C=O) groups excluding carboxylic acids is 2. The molecule has 0 saturated carbocycles. The standard InChI is InChI=1S/C19H18Cl2N2O3/c20-16-8-4-7-15(18(16)21)19(25)22-13-9-10-23(11-13)17(24)12-26-14-5-2-1-3-6-14/h1-8,13H,9-12H2,(H,22,25)/t13-/m1/s1. The maximum Gasteiger partial charge on any atom is 0.260 e. The van der Waals surface area contributed by atoms with E-state index in [-0.39, 0.29) is 29.5 Å². The van der Waals surface area contributed by atoms with Crippen molar-refractivity contribution in [2.45, 2.75) is 12.5 Å². The summed E-state index contributed by atoms with van der Waals surface area (Å²) in [5.41, 5.74) is 0.330. The van der Waals surface area contributed by atoms with Gasteiger partial charge in [0, 0.05) is 19.1 Å². The van der Waals surface area contributed by atoms with Crippen molar-refractivity contribution in [1.82, 2.24) is 10.2 Å². The van der Waals surface area contributed by atoms with Gasteiger partial charge in [-0.1, -0.05) is 47.5 Å². The molecule has 3 rings (SSSR count). The summed E-state index contributed by atoms with van der Waals surface area (Å²) in [7, 11) is 0.